The van der Waals surface area contributed by atoms with Crippen LogP contribution in [0.15, 0.2) is 18.5 Å². The summed E-state index contributed by atoms with van der Waals surface area (Å²) in [7, 11) is 0. The van der Waals surface area contributed by atoms with E-state index in [4.69, 9.17) is 4.74 Å². The van der Waals surface area contributed by atoms with E-state index in [2.05, 4.69) is 15.4 Å². The molecule has 2 aromatic rings. The fourth-order valence-electron chi connectivity index (χ4n) is 3.42. The second-order valence-corrected chi connectivity index (χ2v) is 6.93. The Morgan fingerprint density at radius 1 is 1.48 bits per heavy atom. The van der Waals surface area contributed by atoms with Gasteiger partial charge in [0.05, 0.1) is 12.3 Å². The summed E-state index contributed by atoms with van der Waals surface area (Å²) in [6.07, 6.45) is 3.11. The molecule has 0 bridgehead atoms. The molecule has 0 aromatic carbocycles. The number of rotatable bonds is 5. The lowest BCUT2D eigenvalue weighted by atomic mass is 9.54. The SMILES string of the molecule is CCO[C@H]1C[C@](NC(=O)c2cnn3ccc(C)nc23)(C(=O)O)C1(C)C. The van der Waals surface area contributed by atoms with Crippen LogP contribution in [0.5, 0.6) is 0 Å². The third-order valence-corrected chi connectivity index (χ3v) is 5.21. The Labute approximate surface area is 145 Å². The van der Waals surface area contributed by atoms with E-state index < -0.39 is 22.8 Å². The van der Waals surface area contributed by atoms with E-state index in [0.29, 0.717) is 12.3 Å². The van der Waals surface area contributed by atoms with Crippen molar-refractivity contribution in [2.45, 2.75) is 45.8 Å². The number of carbonyl (C=O) groups is 2. The molecular formula is C17H22N4O4. The number of aryl methyl sites for hydroxylation is 1. The van der Waals surface area contributed by atoms with Crippen molar-refractivity contribution >= 4 is 17.5 Å². The van der Waals surface area contributed by atoms with Crippen molar-refractivity contribution in [2.75, 3.05) is 6.61 Å². The number of hydrogen-bond donors (Lipinski definition) is 2. The van der Waals surface area contributed by atoms with E-state index >= 15 is 0 Å². The van der Waals surface area contributed by atoms with Crippen molar-refractivity contribution in [2.24, 2.45) is 5.41 Å². The summed E-state index contributed by atoms with van der Waals surface area (Å²) < 4.78 is 7.10. The molecule has 2 heterocycles. The summed E-state index contributed by atoms with van der Waals surface area (Å²) in [5, 5.41) is 16.6. The van der Waals surface area contributed by atoms with Gasteiger partial charge in [0, 0.05) is 30.3 Å². The fourth-order valence-corrected chi connectivity index (χ4v) is 3.42. The maximum Gasteiger partial charge on any atom is 0.330 e. The van der Waals surface area contributed by atoms with Crippen LogP contribution in [0.3, 0.4) is 0 Å². The Bertz CT molecular complexity index is 844. The molecule has 8 nitrogen and oxygen atoms in total. The Balaban J connectivity index is 1.92. The van der Waals surface area contributed by atoms with Crippen LogP contribution in [0.2, 0.25) is 0 Å². The Hall–Kier alpha value is -2.48. The molecule has 2 aromatic heterocycles. The number of hydrogen-bond acceptors (Lipinski definition) is 5. The highest BCUT2D eigenvalue weighted by Crippen LogP contribution is 2.51. The highest BCUT2D eigenvalue weighted by molar-refractivity contribution is 6.02. The van der Waals surface area contributed by atoms with Gasteiger partial charge in [-0.2, -0.15) is 5.10 Å². The zero-order chi connectivity index (χ0) is 18.4. The molecular weight excluding hydrogens is 324 g/mol. The lowest BCUT2D eigenvalue weighted by Crippen LogP contribution is -2.76. The largest absolute Gasteiger partial charge is 0.479 e. The van der Waals surface area contributed by atoms with Crippen LogP contribution < -0.4 is 5.32 Å². The molecule has 2 atom stereocenters. The third-order valence-electron chi connectivity index (χ3n) is 5.21. The van der Waals surface area contributed by atoms with Crippen molar-refractivity contribution in [1.29, 1.82) is 0 Å². The molecule has 3 rings (SSSR count). The van der Waals surface area contributed by atoms with Gasteiger partial charge in [0.15, 0.2) is 5.65 Å². The summed E-state index contributed by atoms with van der Waals surface area (Å²) >= 11 is 0. The molecule has 1 fully saturated rings. The molecule has 25 heavy (non-hydrogen) atoms. The molecule has 0 radical (unpaired) electrons. The molecule has 0 unspecified atom stereocenters. The van der Waals surface area contributed by atoms with Crippen molar-refractivity contribution in [3.63, 3.8) is 0 Å². The van der Waals surface area contributed by atoms with E-state index in [1.807, 2.05) is 13.8 Å². The van der Waals surface area contributed by atoms with Crippen molar-refractivity contribution in [3.05, 3.63) is 29.7 Å². The quantitative estimate of drug-likeness (QED) is 0.848. The van der Waals surface area contributed by atoms with Crippen molar-refractivity contribution in [1.82, 2.24) is 19.9 Å². The maximum absolute atomic E-state index is 12.8. The fraction of sp³-hybridized carbons (Fsp3) is 0.529. The standard InChI is InChI=1S/C17H22N4O4/c1-5-25-12-8-17(15(23)24,16(12,3)4)20-14(22)11-9-18-21-7-6-10(2)19-13(11)21/h6-7,9,12H,5,8H2,1-4H3,(H,20,22)(H,23,24)/t12-,17-/m0/s1. The average Bonchev–Trinajstić information content (AvgIpc) is 2.96. The molecule has 0 saturated heterocycles. The van der Waals surface area contributed by atoms with Gasteiger partial charge in [-0.15, -0.1) is 0 Å². The topological polar surface area (TPSA) is 106 Å². The number of ether oxygens (including phenoxy) is 1. The van der Waals surface area contributed by atoms with Crippen molar-refractivity contribution in [3.8, 4) is 0 Å². The third kappa shape index (κ3) is 2.48. The molecule has 134 valence electrons. The lowest BCUT2D eigenvalue weighted by Gasteiger charge is -2.58. The van der Waals surface area contributed by atoms with Gasteiger partial charge >= 0.3 is 5.97 Å². The number of nitrogens with one attached hydrogen (secondary N) is 1. The highest BCUT2D eigenvalue weighted by atomic mass is 16.5. The molecule has 1 amide bonds. The predicted molar refractivity (Wildman–Crippen MR) is 89.4 cm³/mol. The van der Waals surface area contributed by atoms with Gasteiger partial charge in [0.1, 0.15) is 11.1 Å². The van der Waals surface area contributed by atoms with Crippen LogP contribution in [-0.4, -0.2) is 49.8 Å². The summed E-state index contributed by atoms with van der Waals surface area (Å²) in [6, 6.07) is 1.78. The first-order chi connectivity index (χ1) is 11.7. The summed E-state index contributed by atoms with van der Waals surface area (Å²) in [5.41, 5.74) is -0.731. The minimum absolute atomic E-state index is 0.223. The van der Waals surface area contributed by atoms with E-state index in [-0.39, 0.29) is 18.1 Å². The average molecular weight is 346 g/mol. The van der Waals surface area contributed by atoms with Gasteiger partial charge in [-0.1, -0.05) is 13.8 Å². The van der Waals surface area contributed by atoms with E-state index in [9.17, 15) is 14.7 Å². The van der Waals surface area contributed by atoms with Crippen LogP contribution in [0.25, 0.3) is 5.65 Å². The number of nitrogens with zero attached hydrogens (tertiary/aromatic N) is 3. The predicted octanol–water partition coefficient (Wildman–Crippen LogP) is 1.43. The zero-order valence-electron chi connectivity index (χ0n) is 14.7. The van der Waals surface area contributed by atoms with Gasteiger partial charge < -0.3 is 15.2 Å². The Morgan fingerprint density at radius 3 is 2.80 bits per heavy atom. The minimum atomic E-state index is -1.39. The normalized spacial score (nSPS) is 24.7. The molecule has 2 N–H and O–H groups in total. The van der Waals surface area contributed by atoms with Crippen LogP contribution in [0.1, 0.15) is 43.2 Å². The van der Waals surface area contributed by atoms with Crippen LogP contribution in [0, 0.1) is 12.3 Å². The zero-order valence-corrected chi connectivity index (χ0v) is 14.7. The molecule has 8 heteroatoms. The number of aromatic nitrogens is 3. The van der Waals surface area contributed by atoms with Crippen LogP contribution in [0.4, 0.5) is 0 Å². The first-order valence-electron chi connectivity index (χ1n) is 8.21. The van der Waals surface area contributed by atoms with Gasteiger partial charge in [-0.05, 0) is 19.9 Å². The monoisotopic (exact) mass is 346 g/mol. The number of amides is 1. The second-order valence-electron chi connectivity index (χ2n) is 6.93. The number of carboxylic acid groups (broad SMARTS) is 1. The smallest absolute Gasteiger partial charge is 0.330 e. The number of fused-ring (bicyclic) bond motifs is 1. The molecule has 1 saturated carbocycles. The summed E-state index contributed by atoms with van der Waals surface area (Å²) in [4.78, 5) is 29.1. The first-order valence-corrected chi connectivity index (χ1v) is 8.21. The van der Waals surface area contributed by atoms with E-state index in [0.717, 1.165) is 5.69 Å². The van der Waals surface area contributed by atoms with E-state index in [1.165, 1.54) is 10.7 Å². The van der Waals surface area contributed by atoms with Gasteiger partial charge in [0.25, 0.3) is 5.91 Å². The summed E-state index contributed by atoms with van der Waals surface area (Å²) in [5.74, 6) is -1.57. The van der Waals surface area contributed by atoms with Crippen LogP contribution in [-0.2, 0) is 9.53 Å². The first kappa shape index (κ1) is 17.3. The molecule has 1 aliphatic rings. The second kappa shape index (κ2) is 5.80. The molecule has 1 aliphatic carbocycles. The Morgan fingerprint density at radius 2 is 2.20 bits per heavy atom. The van der Waals surface area contributed by atoms with Gasteiger partial charge in [0.2, 0.25) is 0 Å². The minimum Gasteiger partial charge on any atom is -0.479 e. The number of aliphatic carboxylic acids is 1. The number of carboxylic acids is 1. The Kier molecular flexibility index (Phi) is 4.03. The van der Waals surface area contributed by atoms with Crippen LogP contribution >= 0.6 is 0 Å². The van der Waals surface area contributed by atoms with Gasteiger partial charge in [-0.3, -0.25) is 4.79 Å². The summed E-state index contributed by atoms with van der Waals surface area (Å²) in [6.45, 7) is 7.76. The lowest BCUT2D eigenvalue weighted by molar-refractivity contribution is -0.190. The van der Waals surface area contributed by atoms with Gasteiger partial charge in [-0.25, -0.2) is 14.3 Å². The maximum atomic E-state index is 12.8. The number of carbonyl (C=O) groups excluding carboxylic acids is 1. The van der Waals surface area contributed by atoms with E-state index in [1.54, 1.807) is 26.1 Å². The highest BCUT2D eigenvalue weighted by Gasteiger charge is 2.66. The molecule has 0 aliphatic heterocycles. The molecule has 0 spiro atoms. The van der Waals surface area contributed by atoms with Crippen molar-refractivity contribution < 1.29 is 19.4 Å².